The van der Waals surface area contributed by atoms with Crippen molar-refractivity contribution in [2.75, 3.05) is 0 Å². The van der Waals surface area contributed by atoms with Crippen LogP contribution >= 0.6 is 35.2 Å². The molecule has 0 aromatic carbocycles. The van der Waals surface area contributed by atoms with Crippen LogP contribution < -0.4 is 10.6 Å². The maximum absolute atomic E-state index is 5.05. The number of hydrogen-bond acceptors (Lipinski definition) is 2. The molecule has 1 rings (SSSR count). The molecule has 0 aliphatic rings. The van der Waals surface area contributed by atoms with Gasteiger partial charge in [-0.2, -0.15) is 0 Å². The molecule has 0 saturated carbocycles. The summed E-state index contributed by atoms with van der Waals surface area (Å²) in [6.07, 6.45) is 2.19. The predicted molar refractivity (Wildman–Crippen MR) is 82.7 cm³/mol. The van der Waals surface area contributed by atoms with Gasteiger partial charge in [0.25, 0.3) is 0 Å². The van der Waals surface area contributed by atoms with Gasteiger partial charge < -0.3 is 0 Å². The van der Waals surface area contributed by atoms with E-state index in [4.69, 9.17) is 2.51 Å². The first kappa shape index (κ1) is 16.1. The summed E-state index contributed by atoms with van der Waals surface area (Å²) in [5.41, 5.74) is 1.16. The minimum absolute atomic E-state index is 0.512. The second-order valence-corrected chi connectivity index (χ2v) is 5.26. The van der Waals surface area contributed by atoms with E-state index in [9.17, 15) is 0 Å². The van der Waals surface area contributed by atoms with E-state index >= 15 is 0 Å². The van der Waals surface area contributed by atoms with Gasteiger partial charge in [-0.1, -0.05) is 40.3 Å². The Labute approximate surface area is 117 Å². The van der Waals surface area contributed by atoms with Crippen LogP contribution in [0.2, 0.25) is 0 Å². The van der Waals surface area contributed by atoms with Crippen molar-refractivity contribution in [3.63, 3.8) is 0 Å². The maximum atomic E-state index is 5.05. The standard InChI is InChI=1S/C10H14INOS.C2H6/c1-7(2)5-10-8(3)6-9(4)12(10)14-13-11;1-2/h5-7H,3H2,1-2,4H3;1-2H3/b10-5+;. The Kier molecular flexibility index (Phi) is 8.23. The monoisotopic (exact) mass is 353 g/mol. The van der Waals surface area contributed by atoms with E-state index in [0.29, 0.717) is 5.92 Å². The van der Waals surface area contributed by atoms with Gasteiger partial charge >= 0.3 is 0 Å². The van der Waals surface area contributed by atoms with Gasteiger partial charge in [-0.15, -0.1) is 0 Å². The lowest BCUT2D eigenvalue weighted by Gasteiger charge is -2.02. The lowest BCUT2D eigenvalue weighted by atomic mass is 10.2. The fraction of sp³-hybridized carbons (Fsp3) is 0.500. The molecule has 0 radical (unpaired) electrons. The van der Waals surface area contributed by atoms with Crippen LogP contribution in [0.15, 0.2) is 6.07 Å². The van der Waals surface area contributed by atoms with Crippen molar-refractivity contribution in [1.29, 1.82) is 0 Å². The van der Waals surface area contributed by atoms with Crippen molar-refractivity contribution in [3.8, 4) is 0 Å². The van der Waals surface area contributed by atoms with Gasteiger partial charge in [0.15, 0.2) is 0 Å². The molecule has 0 unspecified atom stereocenters. The molecule has 0 fully saturated rings. The van der Waals surface area contributed by atoms with Crippen LogP contribution in [0.1, 0.15) is 33.4 Å². The molecule has 4 heteroatoms. The van der Waals surface area contributed by atoms with Gasteiger partial charge in [-0.25, -0.2) is 2.51 Å². The van der Waals surface area contributed by atoms with Gasteiger partial charge in [0.1, 0.15) is 35.2 Å². The summed E-state index contributed by atoms with van der Waals surface area (Å²) >= 11 is 3.20. The minimum Gasteiger partial charge on any atom is -0.265 e. The van der Waals surface area contributed by atoms with Crippen molar-refractivity contribution in [2.45, 2.75) is 34.6 Å². The Hall–Kier alpha value is 0.0600. The smallest absolute Gasteiger partial charge is 0.130 e. The highest BCUT2D eigenvalue weighted by Gasteiger charge is 2.02. The lowest BCUT2D eigenvalue weighted by molar-refractivity contribution is 0.817. The molecular formula is C12H20INOS. The molecule has 0 aliphatic heterocycles. The van der Waals surface area contributed by atoms with E-state index in [1.165, 1.54) is 12.2 Å². The predicted octanol–water partition coefficient (Wildman–Crippen LogP) is 3.45. The van der Waals surface area contributed by atoms with Gasteiger partial charge in [0.2, 0.25) is 0 Å². The molecule has 0 spiro atoms. The number of aromatic nitrogens is 1. The molecule has 0 atom stereocenters. The fourth-order valence-corrected chi connectivity index (χ4v) is 2.29. The van der Waals surface area contributed by atoms with E-state index in [1.807, 2.05) is 36.9 Å². The maximum Gasteiger partial charge on any atom is 0.130 e. The molecule has 0 N–H and O–H groups in total. The van der Waals surface area contributed by atoms with Crippen LogP contribution in [-0.4, -0.2) is 3.97 Å². The van der Waals surface area contributed by atoms with Crippen LogP contribution in [-0.2, 0) is 2.51 Å². The molecule has 2 nitrogen and oxygen atoms in total. The van der Waals surface area contributed by atoms with Crippen LogP contribution in [0, 0.1) is 12.8 Å². The summed E-state index contributed by atoms with van der Waals surface area (Å²) in [6.45, 7) is 14.4. The highest BCUT2D eigenvalue weighted by Crippen LogP contribution is 2.11. The third-order valence-corrected chi connectivity index (χ3v) is 3.02. The molecule has 16 heavy (non-hydrogen) atoms. The first-order valence-electron chi connectivity index (χ1n) is 5.41. The quantitative estimate of drug-likeness (QED) is 0.611. The van der Waals surface area contributed by atoms with Crippen molar-refractivity contribution in [3.05, 3.63) is 22.3 Å². The first-order chi connectivity index (χ1) is 7.56. The molecule has 1 aromatic rings. The van der Waals surface area contributed by atoms with E-state index in [-0.39, 0.29) is 0 Å². The van der Waals surface area contributed by atoms with Crippen molar-refractivity contribution >= 4 is 47.9 Å². The average molecular weight is 353 g/mol. The van der Waals surface area contributed by atoms with E-state index in [2.05, 4.69) is 43.5 Å². The van der Waals surface area contributed by atoms with Gasteiger partial charge in [-0.3, -0.25) is 3.97 Å². The number of rotatable bonds is 3. The van der Waals surface area contributed by atoms with E-state index < -0.39 is 0 Å². The summed E-state index contributed by atoms with van der Waals surface area (Å²) in [5.74, 6) is 0.512. The molecule has 92 valence electrons. The Bertz CT molecular complexity index is 411. The molecule has 0 amide bonds. The molecule has 0 bridgehead atoms. The molecule has 0 aliphatic carbocycles. The SMILES string of the molecule is C=c1cc(C)n(SOI)/c1=C/C(C)C.CC. The Morgan fingerprint density at radius 3 is 2.50 bits per heavy atom. The Balaban J connectivity index is 0.00000106. The normalized spacial score (nSPS) is 11.6. The first-order valence-corrected chi connectivity index (χ1v) is 6.99. The van der Waals surface area contributed by atoms with Crippen LogP contribution in [0.25, 0.3) is 12.7 Å². The van der Waals surface area contributed by atoms with Crippen LogP contribution in [0.5, 0.6) is 0 Å². The summed E-state index contributed by atoms with van der Waals surface area (Å²) in [7, 11) is 0. The van der Waals surface area contributed by atoms with Gasteiger partial charge in [0, 0.05) is 5.69 Å². The summed E-state index contributed by atoms with van der Waals surface area (Å²) in [5, 5.41) is 2.19. The second-order valence-electron chi connectivity index (χ2n) is 3.54. The third kappa shape index (κ3) is 4.51. The minimum atomic E-state index is 0.512. The molecule has 1 aromatic heterocycles. The molecule has 0 saturated heterocycles. The highest BCUT2D eigenvalue weighted by atomic mass is 127. The van der Waals surface area contributed by atoms with Crippen molar-refractivity contribution < 1.29 is 2.51 Å². The summed E-state index contributed by atoms with van der Waals surface area (Å²) < 4.78 is 7.10. The van der Waals surface area contributed by atoms with Crippen molar-refractivity contribution in [1.82, 2.24) is 3.97 Å². The zero-order valence-electron chi connectivity index (χ0n) is 10.6. The lowest BCUT2D eigenvalue weighted by Crippen LogP contribution is -2.26. The Morgan fingerprint density at radius 1 is 1.50 bits per heavy atom. The van der Waals surface area contributed by atoms with E-state index in [0.717, 1.165) is 16.3 Å². The van der Waals surface area contributed by atoms with Crippen LogP contribution in [0.4, 0.5) is 0 Å². The van der Waals surface area contributed by atoms with Gasteiger partial charge in [0.05, 0.1) is 5.35 Å². The topological polar surface area (TPSA) is 14.2 Å². The summed E-state index contributed by atoms with van der Waals surface area (Å²) in [4.78, 5) is 0. The zero-order valence-corrected chi connectivity index (χ0v) is 13.6. The number of hydrogen-bond donors (Lipinski definition) is 0. The number of halogens is 1. The fourth-order valence-electron chi connectivity index (χ4n) is 1.32. The number of nitrogens with zero attached hydrogens (tertiary/aromatic N) is 1. The van der Waals surface area contributed by atoms with Crippen LogP contribution in [0.3, 0.4) is 0 Å². The molecular weight excluding hydrogens is 333 g/mol. The number of aryl methyl sites for hydroxylation is 1. The van der Waals surface area contributed by atoms with E-state index in [1.54, 1.807) is 0 Å². The molecule has 1 heterocycles. The van der Waals surface area contributed by atoms with Crippen molar-refractivity contribution in [2.24, 2.45) is 5.92 Å². The Morgan fingerprint density at radius 2 is 2.06 bits per heavy atom. The average Bonchev–Trinajstić information content (AvgIpc) is 2.48. The third-order valence-electron chi connectivity index (χ3n) is 1.85. The van der Waals surface area contributed by atoms with Gasteiger partial charge in [-0.05, 0) is 24.1 Å². The second kappa shape index (κ2) is 8.20. The highest BCUT2D eigenvalue weighted by molar-refractivity contribution is 14.1. The summed E-state index contributed by atoms with van der Waals surface area (Å²) in [6, 6.07) is 2.07. The largest absolute Gasteiger partial charge is 0.265 e. The zero-order chi connectivity index (χ0) is 12.7.